The number of halogens is 2. The number of rotatable bonds is 7. The zero-order chi connectivity index (χ0) is 27.7. The summed E-state index contributed by atoms with van der Waals surface area (Å²) in [7, 11) is 0. The minimum atomic E-state index is -0.621. The van der Waals surface area contributed by atoms with E-state index in [0.717, 1.165) is 21.3 Å². The van der Waals surface area contributed by atoms with Gasteiger partial charge >= 0.3 is 5.69 Å². The summed E-state index contributed by atoms with van der Waals surface area (Å²) in [4.78, 5) is 24.4. The Labute approximate surface area is 237 Å². The van der Waals surface area contributed by atoms with Crippen molar-refractivity contribution in [3.63, 3.8) is 0 Å². The molecule has 5 rings (SSSR count). The van der Waals surface area contributed by atoms with Gasteiger partial charge in [0.15, 0.2) is 5.13 Å². The number of nitriles is 1. The fourth-order valence-corrected chi connectivity index (χ4v) is 5.48. The molecule has 12 heteroatoms. The second-order valence-corrected chi connectivity index (χ2v) is 10.5. The summed E-state index contributed by atoms with van der Waals surface area (Å²) in [6, 6.07) is 18.5. The van der Waals surface area contributed by atoms with Crippen LogP contribution in [0.15, 0.2) is 60.9 Å². The van der Waals surface area contributed by atoms with Crippen LogP contribution in [0.25, 0.3) is 10.2 Å². The third-order valence-corrected chi connectivity index (χ3v) is 7.61. The topological polar surface area (TPSA) is 130 Å². The highest BCUT2D eigenvalue weighted by Gasteiger charge is 2.25. The first kappa shape index (κ1) is 26.3. The maximum atomic E-state index is 12.1. The lowest BCUT2D eigenvalue weighted by atomic mass is 9.91. The van der Waals surface area contributed by atoms with Crippen LogP contribution in [0.1, 0.15) is 28.2 Å². The highest BCUT2D eigenvalue weighted by Crippen LogP contribution is 2.39. The minimum Gasteiger partial charge on any atom is -0.334 e. The number of aromatic nitrogens is 3. The van der Waals surface area contributed by atoms with Gasteiger partial charge in [0.25, 0.3) is 0 Å². The van der Waals surface area contributed by atoms with Gasteiger partial charge in [-0.25, -0.2) is 15.0 Å². The van der Waals surface area contributed by atoms with Gasteiger partial charge in [0.2, 0.25) is 11.6 Å². The van der Waals surface area contributed by atoms with Crippen LogP contribution >= 0.6 is 34.5 Å². The molecule has 5 aromatic rings. The van der Waals surface area contributed by atoms with E-state index < -0.39 is 10.8 Å². The van der Waals surface area contributed by atoms with Crippen molar-refractivity contribution in [1.29, 1.82) is 5.26 Å². The van der Waals surface area contributed by atoms with Crippen molar-refractivity contribution in [2.75, 3.05) is 10.6 Å². The van der Waals surface area contributed by atoms with Crippen LogP contribution in [-0.2, 0) is 0 Å². The Bertz CT molecular complexity index is 1770. The van der Waals surface area contributed by atoms with E-state index in [1.807, 2.05) is 32.0 Å². The molecule has 0 aliphatic rings. The molecule has 2 N–H and O–H groups in total. The number of anilines is 4. The summed E-state index contributed by atoms with van der Waals surface area (Å²) in [5, 5.41) is 29.4. The molecule has 2 aromatic heterocycles. The molecule has 0 aliphatic heterocycles. The van der Waals surface area contributed by atoms with E-state index in [2.05, 4.69) is 31.7 Å². The van der Waals surface area contributed by atoms with Gasteiger partial charge in [0, 0.05) is 15.7 Å². The van der Waals surface area contributed by atoms with Gasteiger partial charge in [-0.3, -0.25) is 10.1 Å². The van der Waals surface area contributed by atoms with Crippen molar-refractivity contribution >= 4 is 72.9 Å². The smallest absolute Gasteiger partial charge is 0.334 e. The number of hydrogen-bond donors (Lipinski definition) is 2. The number of thiazole rings is 1. The Hall–Kier alpha value is -4.30. The number of nitrogens with one attached hydrogen (secondary N) is 2. The minimum absolute atomic E-state index is 0.00172. The summed E-state index contributed by atoms with van der Waals surface area (Å²) in [6.45, 7) is 3.77. The average molecular weight is 576 g/mol. The molecular formula is C27H19Cl2N7O2S. The van der Waals surface area contributed by atoms with Crippen molar-refractivity contribution in [2.45, 2.75) is 19.8 Å². The summed E-state index contributed by atoms with van der Waals surface area (Å²) >= 11 is 14.0. The number of nitro groups is 1. The van der Waals surface area contributed by atoms with Gasteiger partial charge in [0.05, 0.1) is 27.1 Å². The van der Waals surface area contributed by atoms with Gasteiger partial charge < -0.3 is 10.6 Å². The van der Waals surface area contributed by atoms with E-state index >= 15 is 0 Å². The number of fused-ring (bicyclic) bond motifs is 1. The summed E-state index contributed by atoms with van der Waals surface area (Å²) in [5.41, 5.74) is 4.05. The van der Waals surface area contributed by atoms with Crippen molar-refractivity contribution in [3.8, 4) is 6.07 Å². The molecule has 39 heavy (non-hydrogen) atoms. The third-order valence-electron chi connectivity index (χ3n) is 6.09. The molecule has 1 atom stereocenters. The first-order valence-electron chi connectivity index (χ1n) is 11.6. The average Bonchev–Trinajstić information content (AvgIpc) is 3.32. The highest BCUT2D eigenvalue weighted by atomic mass is 35.5. The third kappa shape index (κ3) is 5.33. The molecular weight excluding hydrogens is 557 g/mol. The van der Waals surface area contributed by atoms with E-state index in [0.29, 0.717) is 32.0 Å². The molecule has 1 unspecified atom stereocenters. The molecule has 9 nitrogen and oxygen atoms in total. The highest BCUT2D eigenvalue weighted by molar-refractivity contribution is 7.22. The molecule has 0 radical (unpaired) electrons. The molecule has 0 bridgehead atoms. The van der Waals surface area contributed by atoms with E-state index in [1.165, 1.54) is 17.7 Å². The zero-order valence-corrected chi connectivity index (χ0v) is 22.9. The molecule has 0 saturated carbocycles. The number of para-hydroxylation sites is 1. The normalized spacial score (nSPS) is 11.7. The molecule has 3 aromatic carbocycles. The first-order valence-corrected chi connectivity index (χ1v) is 13.2. The lowest BCUT2D eigenvalue weighted by Crippen LogP contribution is -2.07. The largest absolute Gasteiger partial charge is 0.353 e. The van der Waals surface area contributed by atoms with Crippen molar-refractivity contribution in [3.05, 3.63) is 103 Å². The summed E-state index contributed by atoms with van der Waals surface area (Å²) in [6.07, 6.45) is 1.23. The Morgan fingerprint density at radius 1 is 1.03 bits per heavy atom. The molecule has 0 fully saturated rings. The monoisotopic (exact) mass is 575 g/mol. The van der Waals surface area contributed by atoms with Gasteiger partial charge in [-0.1, -0.05) is 64.9 Å². The Morgan fingerprint density at radius 3 is 2.41 bits per heavy atom. The number of nitrogens with zero attached hydrogens (tertiary/aromatic N) is 5. The number of hydrogen-bond acceptors (Lipinski definition) is 9. The van der Waals surface area contributed by atoms with Crippen LogP contribution in [0.2, 0.25) is 10.0 Å². The van der Waals surface area contributed by atoms with Crippen LogP contribution in [0, 0.1) is 35.3 Å². The SMILES string of the molecule is Cc1cc(C(C#N)c2ccc(Cl)cc2)c(Cl)cc1Nc1ncnc(Nc2nc3c(C)cccc3s2)c1[N+](=O)[O-]. The number of benzene rings is 3. The summed E-state index contributed by atoms with van der Waals surface area (Å²) < 4.78 is 0.951. The standard InChI is InChI=1S/C27H19Cl2N7O2S/c1-14-4-3-5-22-23(14)34-27(39-22)35-26-24(36(37)38)25(31-13-32-26)33-21-11-20(29)18(10-15(21)2)19(12-30)16-6-8-17(28)9-7-16/h3-11,13,19H,1-2H3,(H2,31,32,33,34,35). The second-order valence-electron chi connectivity index (χ2n) is 8.67. The maximum Gasteiger partial charge on any atom is 0.353 e. The lowest BCUT2D eigenvalue weighted by Gasteiger charge is -2.16. The molecule has 0 saturated heterocycles. The van der Waals surface area contributed by atoms with Gasteiger partial charge in [0.1, 0.15) is 6.33 Å². The van der Waals surface area contributed by atoms with Crippen molar-refractivity contribution < 1.29 is 4.92 Å². The Kier molecular flexibility index (Phi) is 7.30. The van der Waals surface area contributed by atoms with Crippen molar-refractivity contribution in [2.24, 2.45) is 0 Å². The van der Waals surface area contributed by atoms with Gasteiger partial charge in [-0.2, -0.15) is 5.26 Å². The zero-order valence-electron chi connectivity index (χ0n) is 20.6. The molecule has 2 heterocycles. The molecule has 0 amide bonds. The van der Waals surface area contributed by atoms with Gasteiger partial charge in [-0.05, 0) is 60.4 Å². The van der Waals surface area contributed by atoms with Crippen LogP contribution in [0.5, 0.6) is 0 Å². The van der Waals surface area contributed by atoms with E-state index in [9.17, 15) is 15.4 Å². The fraction of sp³-hybridized carbons (Fsp3) is 0.111. The number of aryl methyl sites for hydroxylation is 2. The lowest BCUT2D eigenvalue weighted by molar-refractivity contribution is -0.383. The van der Waals surface area contributed by atoms with Crippen LogP contribution in [0.3, 0.4) is 0 Å². The van der Waals surface area contributed by atoms with Crippen LogP contribution in [0.4, 0.5) is 28.1 Å². The van der Waals surface area contributed by atoms with Crippen LogP contribution < -0.4 is 10.6 Å². The van der Waals surface area contributed by atoms with Crippen LogP contribution in [-0.4, -0.2) is 19.9 Å². The molecule has 0 spiro atoms. The molecule has 0 aliphatic carbocycles. The fourth-order valence-electron chi connectivity index (χ4n) is 4.14. The second kappa shape index (κ2) is 10.8. The van der Waals surface area contributed by atoms with E-state index in [1.54, 1.807) is 36.4 Å². The predicted octanol–water partition coefficient (Wildman–Crippen LogP) is 8.06. The first-order chi connectivity index (χ1) is 18.7. The van der Waals surface area contributed by atoms with Crippen molar-refractivity contribution in [1.82, 2.24) is 15.0 Å². The molecule has 194 valence electrons. The van der Waals surface area contributed by atoms with E-state index in [4.69, 9.17) is 23.2 Å². The quantitative estimate of drug-likeness (QED) is 0.147. The van der Waals surface area contributed by atoms with Gasteiger partial charge in [-0.15, -0.1) is 0 Å². The van der Waals surface area contributed by atoms with E-state index in [-0.39, 0.29) is 17.3 Å². The summed E-state index contributed by atoms with van der Waals surface area (Å²) in [5.74, 6) is -0.637. The Morgan fingerprint density at radius 2 is 1.74 bits per heavy atom. The Balaban J connectivity index is 1.48. The maximum absolute atomic E-state index is 12.1. The predicted molar refractivity (Wildman–Crippen MR) is 155 cm³/mol.